The molecule has 2 aliphatic carbocycles. The summed E-state index contributed by atoms with van der Waals surface area (Å²) in [4.78, 5) is 26.2. The topological polar surface area (TPSA) is 105 Å². The van der Waals surface area contributed by atoms with E-state index in [-0.39, 0.29) is 32.9 Å². The fraction of sp³-hybridized carbons (Fsp3) is 0.118. The van der Waals surface area contributed by atoms with Crippen molar-refractivity contribution in [1.82, 2.24) is 0 Å². The highest BCUT2D eigenvalue weighted by Crippen LogP contribution is 2.64. The van der Waals surface area contributed by atoms with E-state index in [2.05, 4.69) is 213 Å². The summed E-state index contributed by atoms with van der Waals surface area (Å²) in [6.07, 6.45) is 0. The summed E-state index contributed by atoms with van der Waals surface area (Å²) in [5, 5.41) is 22.1. The maximum atomic E-state index is 11.9. The molecule has 0 N–H and O–H groups in total. The summed E-state index contributed by atoms with van der Waals surface area (Å²) in [7, 11) is -0.406. The molecule has 3 aliphatic heterocycles. The van der Waals surface area contributed by atoms with Crippen LogP contribution in [0.1, 0.15) is 72.2 Å². The van der Waals surface area contributed by atoms with Crippen molar-refractivity contribution in [3.63, 3.8) is 0 Å². The van der Waals surface area contributed by atoms with Gasteiger partial charge in [0, 0.05) is 37.3 Å². The van der Waals surface area contributed by atoms with E-state index in [4.69, 9.17) is 9.31 Å². The summed E-state index contributed by atoms with van der Waals surface area (Å²) in [5.41, 5.74) is 16.7. The van der Waals surface area contributed by atoms with Gasteiger partial charge in [0.2, 0.25) is 0 Å². The van der Waals surface area contributed by atoms with Crippen LogP contribution in [-0.4, -0.2) is 28.2 Å². The maximum absolute atomic E-state index is 11.9. The molecule has 0 bridgehead atoms. The van der Waals surface area contributed by atoms with Crippen LogP contribution in [0.3, 0.4) is 0 Å². The predicted molar refractivity (Wildman–Crippen MR) is 324 cm³/mol. The Morgan fingerprint density at radius 2 is 0.713 bits per heavy atom. The highest BCUT2D eigenvalue weighted by molar-refractivity contribution is 9.10. The number of nitro benzene ring substituents is 2. The molecule has 3 heterocycles. The number of nitro groups is 2. The van der Waals surface area contributed by atoms with E-state index in [0.29, 0.717) is 10.0 Å². The monoisotopic (exact) mass is 1140 g/mol. The van der Waals surface area contributed by atoms with Crippen LogP contribution >= 0.6 is 39.5 Å². The van der Waals surface area contributed by atoms with Gasteiger partial charge in [-0.15, -0.1) is 0 Å². The molecule has 15 rings (SSSR count). The molecule has 0 aromatic heterocycles. The van der Waals surface area contributed by atoms with E-state index >= 15 is 0 Å². The van der Waals surface area contributed by atoms with Crippen LogP contribution in [-0.2, 0) is 20.1 Å². The lowest BCUT2D eigenvalue weighted by atomic mass is 9.65. The van der Waals surface area contributed by atoms with Gasteiger partial charge in [-0.25, -0.2) is 0 Å². The minimum absolute atomic E-state index is 0.0995. The number of rotatable bonds is 4. The summed E-state index contributed by atoms with van der Waals surface area (Å²) in [5.74, 6) is 0. The summed E-state index contributed by atoms with van der Waals surface area (Å²) in [6, 6.07) is 79.1. The largest absolute Gasteiger partial charge is 0.496 e. The normalized spacial score (nSPS) is 15.9. The van der Waals surface area contributed by atoms with Crippen LogP contribution in [0.5, 0.6) is 0 Å². The molecule has 2 spiro atoms. The second-order valence-corrected chi connectivity index (χ2v) is 24.3. The third-order valence-corrected chi connectivity index (χ3v) is 19.9. The zero-order valence-electron chi connectivity index (χ0n) is 44.1. The Bertz CT molecular complexity index is 4080. The molecule has 0 atom stereocenters. The molecule has 0 saturated carbocycles. The van der Waals surface area contributed by atoms with Gasteiger partial charge in [-0.05, 0) is 140 Å². The van der Waals surface area contributed by atoms with Gasteiger partial charge in [-0.3, -0.25) is 20.2 Å². The van der Waals surface area contributed by atoms with Crippen molar-refractivity contribution < 1.29 is 19.2 Å². The van der Waals surface area contributed by atoms with Crippen molar-refractivity contribution in [1.29, 1.82) is 0 Å². The van der Waals surface area contributed by atoms with E-state index in [1.807, 2.05) is 36.0 Å². The standard InChI is InChI=1S/C31H27BO2S.C31H19NO2S.C6H4BrNO2/c1-29(2)30(3,4)34-32(33-29)26-18-11-17-25-28(26)35-27-19-10-9-16-24(27)31(25)22-14-7-5-12-20(22)21-13-6-8-15-23(21)31;33-32(34)28-18-7-3-12-22(28)23-13-9-17-27-30(23)35-29-19-8-6-16-26(29)31(27)24-14-4-1-10-20(24)21-11-2-5-15-25(21)31;7-5-3-1-2-4-6(5)8(9)10/h5-19H,1-4H3;1-19H;1-4H. The molecule has 10 aromatic rings. The average molecular weight is 1150 g/mol. The van der Waals surface area contributed by atoms with Gasteiger partial charge in [0.1, 0.15) is 0 Å². The molecular weight excluding hydrogens is 1100 g/mol. The smallest absolute Gasteiger partial charge is 0.399 e. The first-order valence-corrected chi connectivity index (χ1v) is 28.9. The minimum atomic E-state index is -0.482. The van der Waals surface area contributed by atoms with Crippen LogP contribution < -0.4 is 5.46 Å². The van der Waals surface area contributed by atoms with E-state index in [1.54, 1.807) is 42.1 Å². The Kier molecular flexibility index (Phi) is 12.7. The predicted octanol–water partition coefficient (Wildman–Crippen LogP) is 17.3. The molecule has 1 saturated heterocycles. The maximum Gasteiger partial charge on any atom is 0.496 e. The minimum Gasteiger partial charge on any atom is -0.399 e. The van der Waals surface area contributed by atoms with Crippen LogP contribution in [0.4, 0.5) is 11.4 Å². The summed E-state index contributed by atoms with van der Waals surface area (Å²) in [6.45, 7) is 8.48. The molecule has 1 fully saturated rings. The first kappa shape index (κ1) is 51.6. The van der Waals surface area contributed by atoms with Gasteiger partial charge in [-0.2, -0.15) is 0 Å². The lowest BCUT2D eigenvalue weighted by Crippen LogP contribution is -2.41. The van der Waals surface area contributed by atoms with Crippen molar-refractivity contribution in [3.8, 4) is 33.4 Å². The third-order valence-electron chi connectivity index (χ3n) is 16.7. The fourth-order valence-electron chi connectivity index (χ4n) is 12.6. The van der Waals surface area contributed by atoms with Crippen molar-refractivity contribution in [3.05, 3.63) is 300 Å². The van der Waals surface area contributed by atoms with E-state index in [1.165, 1.54) is 87.5 Å². The van der Waals surface area contributed by atoms with E-state index in [0.717, 1.165) is 15.9 Å². The Morgan fingerprint density at radius 1 is 0.375 bits per heavy atom. The molecule has 80 heavy (non-hydrogen) atoms. The number of hydrogen-bond acceptors (Lipinski definition) is 8. The zero-order chi connectivity index (χ0) is 55.1. The van der Waals surface area contributed by atoms with Gasteiger partial charge >= 0.3 is 7.12 Å². The Hall–Kier alpha value is -7.84. The lowest BCUT2D eigenvalue weighted by Gasteiger charge is -2.40. The molecule has 390 valence electrons. The number of hydrogen-bond donors (Lipinski definition) is 0. The average Bonchev–Trinajstić information content (AvgIpc) is 2.51. The quantitative estimate of drug-likeness (QED) is 0.0975. The van der Waals surface area contributed by atoms with Gasteiger partial charge in [0.25, 0.3) is 11.4 Å². The van der Waals surface area contributed by atoms with Crippen LogP contribution in [0.2, 0.25) is 0 Å². The van der Waals surface area contributed by atoms with E-state index < -0.39 is 17.5 Å². The highest BCUT2D eigenvalue weighted by Gasteiger charge is 2.56. The van der Waals surface area contributed by atoms with E-state index in [9.17, 15) is 20.2 Å². The first-order valence-electron chi connectivity index (χ1n) is 26.5. The molecule has 0 radical (unpaired) electrons. The molecule has 5 aliphatic rings. The van der Waals surface area contributed by atoms with Gasteiger partial charge < -0.3 is 9.31 Å². The van der Waals surface area contributed by atoms with Crippen LogP contribution in [0.25, 0.3) is 33.4 Å². The number of halogens is 1. The van der Waals surface area contributed by atoms with Crippen molar-refractivity contribution in [2.24, 2.45) is 0 Å². The zero-order valence-corrected chi connectivity index (χ0v) is 47.3. The first-order chi connectivity index (χ1) is 38.8. The summed E-state index contributed by atoms with van der Waals surface area (Å²) < 4.78 is 13.6. The van der Waals surface area contributed by atoms with Crippen LogP contribution in [0.15, 0.2) is 255 Å². The molecule has 0 amide bonds. The lowest BCUT2D eigenvalue weighted by molar-refractivity contribution is -0.385. The molecule has 10 aromatic carbocycles. The van der Waals surface area contributed by atoms with Crippen LogP contribution in [0, 0.1) is 20.2 Å². The number of para-hydroxylation sites is 2. The Labute approximate surface area is 481 Å². The van der Waals surface area contributed by atoms with Crippen molar-refractivity contribution in [2.75, 3.05) is 0 Å². The summed E-state index contributed by atoms with van der Waals surface area (Å²) >= 11 is 6.61. The third kappa shape index (κ3) is 7.82. The van der Waals surface area contributed by atoms with Gasteiger partial charge in [-0.1, -0.05) is 218 Å². The second kappa shape index (κ2) is 19.8. The Morgan fingerprint density at radius 3 is 1.16 bits per heavy atom. The number of nitrogens with zero attached hydrogens (tertiary/aromatic N) is 2. The van der Waals surface area contributed by atoms with Crippen molar-refractivity contribution in [2.45, 2.75) is 69.3 Å². The number of fused-ring (bicyclic) bond motifs is 18. The molecule has 12 heteroatoms. The fourth-order valence-corrected chi connectivity index (χ4v) is 15.7. The van der Waals surface area contributed by atoms with Gasteiger partial charge in [0.05, 0.1) is 41.9 Å². The molecule has 0 unspecified atom stereocenters. The molecular formula is C68H50BBrN2O6S2. The van der Waals surface area contributed by atoms with Gasteiger partial charge in [0.15, 0.2) is 0 Å². The van der Waals surface area contributed by atoms with Crippen molar-refractivity contribution >= 4 is 63.4 Å². The Balaban J connectivity index is 0.000000129. The molecule has 8 nitrogen and oxygen atoms in total. The number of benzene rings is 10. The highest BCUT2D eigenvalue weighted by atomic mass is 79.9. The second-order valence-electron chi connectivity index (χ2n) is 21.4. The SMILES string of the molecule is CC1(C)OB(c2cccc3c2Sc2ccccc2C32c3ccccc3-c3ccccc32)OC1(C)C.O=[N+]([O-])c1ccccc1-c1cccc2c1Sc1ccccc1C21c2ccccc2-c2ccccc21.O=[N+]([O-])c1ccccc1Br.